The summed E-state index contributed by atoms with van der Waals surface area (Å²) in [5.74, 6) is 0.201. The minimum atomic E-state index is 0.201. The summed E-state index contributed by atoms with van der Waals surface area (Å²) in [6.07, 6.45) is 4.81. The number of nitrogens with zero attached hydrogens (tertiary/aromatic N) is 2. The number of amides is 1. The molecule has 1 aromatic heterocycles. The summed E-state index contributed by atoms with van der Waals surface area (Å²) in [7, 11) is 0. The highest BCUT2D eigenvalue weighted by atomic mass is 32.1. The molecule has 0 spiro atoms. The molecule has 1 aliphatic carbocycles. The Morgan fingerprint density at radius 1 is 1.04 bits per heavy atom. The molecule has 1 saturated heterocycles. The van der Waals surface area contributed by atoms with Crippen molar-refractivity contribution in [3.05, 3.63) is 64.2 Å². The number of fused-ring (bicyclic) bond motifs is 2. The number of aryl methyl sites for hydroxylation is 2. The van der Waals surface area contributed by atoms with Crippen LogP contribution in [0.1, 0.15) is 39.3 Å². The SMILES string of the molecule is O=C(c1ccc2c(c1)CCCC2)N1CC[NH+](Cc2nc3ccccc3s2)CC1. The van der Waals surface area contributed by atoms with Crippen molar-refractivity contribution in [2.75, 3.05) is 26.2 Å². The maximum absolute atomic E-state index is 13.0. The first-order valence-electron chi connectivity index (χ1n) is 10.4. The molecule has 5 rings (SSSR count). The van der Waals surface area contributed by atoms with Gasteiger partial charge in [-0.15, -0.1) is 11.3 Å². The first kappa shape index (κ1) is 17.8. The van der Waals surface area contributed by atoms with E-state index in [0.717, 1.165) is 56.6 Å². The molecular formula is C23H26N3OS+. The number of para-hydroxylation sites is 1. The summed E-state index contributed by atoms with van der Waals surface area (Å²) in [5, 5.41) is 1.20. The average Bonchev–Trinajstić information content (AvgIpc) is 3.16. The molecule has 0 unspecified atom stereocenters. The number of nitrogens with one attached hydrogen (secondary N) is 1. The summed E-state index contributed by atoms with van der Waals surface area (Å²) in [5.41, 5.74) is 4.79. The van der Waals surface area contributed by atoms with Crippen LogP contribution in [0.3, 0.4) is 0 Å². The molecule has 3 aromatic rings. The molecule has 144 valence electrons. The Balaban J connectivity index is 1.21. The van der Waals surface area contributed by atoms with E-state index in [4.69, 9.17) is 4.98 Å². The molecule has 1 N–H and O–H groups in total. The van der Waals surface area contributed by atoms with Crippen LogP contribution in [-0.4, -0.2) is 42.0 Å². The predicted octanol–water partition coefficient (Wildman–Crippen LogP) is 2.72. The molecule has 2 heterocycles. The van der Waals surface area contributed by atoms with Crippen molar-refractivity contribution in [1.82, 2.24) is 9.88 Å². The number of hydrogen-bond acceptors (Lipinski definition) is 3. The van der Waals surface area contributed by atoms with Crippen LogP contribution in [-0.2, 0) is 19.4 Å². The van der Waals surface area contributed by atoms with Crippen molar-refractivity contribution in [3.8, 4) is 0 Å². The van der Waals surface area contributed by atoms with E-state index in [0.29, 0.717) is 0 Å². The monoisotopic (exact) mass is 392 g/mol. The second-order valence-corrected chi connectivity index (χ2v) is 9.10. The highest BCUT2D eigenvalue weighted by Gasteiger charge is 2.26. The van der Waals surface area contributed by atoms with Gasteiger partial charge in [0.25, 0.3) is 5.91 Å². The number of benzene rings is 2. The molecule has 4 nitrogen and oxygen atoms in total. The normalized spacial score (nSPS) is 17.6. The number of quaternary nitrogens is 1. The number of thiazole rings is 1. The van der Waals surface area contributed by atoms with Crippen molar-refractivity contribution < 1.29 is 9.69 Å². The van der Waals surface area contributed by atoms with Crippen LogP contribution in [0.5, 0.6) is 0 Å². The van der Waals surface area contributed by atoms with Crippen molar-refractivity contribution in [2.45, 2.75) is 32.2 Å². The van der Waals surface area contributed by atoms with Crippen LogP contribution in [0.2, 0.25) is 0 Å². The van der Waals surface area contributed by atoms with E-state index in [2.05, 4.69) is 30.3 Å². The molecule has 0 atom stereocenters. The van der Waals surface area contributed by atoms with Gasteiger partial charge in [-0.05, 0) is 61.1 Å². The second kappa shape index (κ2) is 7.64. The zero-order chi connectivity index (χ0) is 18.9. The van der Waals surface area contributed by atoms with Gasteiger partial charge >= 0.3 is 0 Å². The van der Waals surface area contributed by atoms with Gasteiger partial charge < -0.3 is 9.80 Å². The highest BCUT2D eigenvalue weighted by molar-refractivity contribution is 7.18. The largest absolute Gasteiger partial charge is 0.327 e. The third kappa shape index (κ3) is 3.56. The molecule has 5 heteroatoms. The van der Waals surface area contributed by atoms with Crippen LogP contribution in [0, 0.1) is 0 Å². The van der Waals surface area contributed by atoms with Gasteiger partial charge in [-0.2, -0.15) is 0 Å². The lowest BCUT2D eigenvalue weighted by Gasteiger charge is -2.32. The fraction of sp³-hybridized carbons (Fsp3) is 0.391. The lowest BCUT2D eigenvalue weighted by molar-refractivity contribution is -0.917. The maximum Gasteiger partial charge on any atom is 0.254 e. The van der Waals surface area contributed by atoms with Gasteiger partial charge in [0, 0.05) is 5.56 Å². The third-order valence-corrected chi connectivity index (χ3v) is 7.13. The Hall–Kier alpha value is -2.24. The minimum absolute atomic E-state index is 0.201. The van der Waals surface area contributed by atoms with E-state index < -0.39 is 0 Å². The van der Waals surface area contributed by atoms with Crippen LogP contribution in [0.4, 0.5) is 0 Å². The average molecular weight is 393 g/mol. The Morgan fingerprint density at radius 2 is 1.82 bits per heavy atom. The van der Waals surface area contributed by atoms with Gasteiger partial charge in [-0.3, -0.25) is 4.79 Å². The molecule has 1 fully saturated rings. The van der Waals surface area contributed by atoms with Gasteiger partial charge in [-0.1, -0.05) is 18.2 Å². The molecule has 0 saturated carbocycles. The number of carbonyl (C=O) groups is 1. The number of carbonyl (C=O) groups excluding carboxylic acids is 1. The van der Waals surface area contributed by atoms with Crippen LogP contribution in [0.25, 0.3) is 10.2 Å². The smallest absolute Gasteiger partial charge is 0.254 e. The van der Waals surface area contributed by atoms with Crippen molar-refractivity contribution >= 4 is 27.5 Å². The molecule has 2 aromatic carbocycles. The maximum atomic E-state index is 13.0. The topological polar surface area (TPSA) is 37.6 Å². The molecule has 2 aliphatic rings. The zero-order valence-electron chi connectivity index (χ0n) is 16.1. The van der Waals surface area contributed by atoms with E-state index in [1.807, 2.05) is 17.0 Å². The standard InChI is InChI=1S/C23H25N3OS/c27-23(19-10-9-17-5-1-2-6-18(17)15-19)26-13-11-25(12-14-26)16-22-24-20-7-3-4-8-21(20)28-22/h3-4,7-10,15H,1-2,5-6,11-14,16H2/p+1. The number of piperazine rings is 1. The molecule has 0 radical (unpaired) electrons. The van der Waals surface area contributed by atoms with Crippen molar-refractivity contribution in [3.63, 3.8) is 0 Å². The summed E-state index contributed by atoms with van der Waals surface area (Å²) in [6.45, 7) is 4.60. The zero-order valence-corrected chi connectivity index (χ0v) is 16.9. The number of hydrogen-bond donors (Lipinski definition) is 1. The second-order valence-electron chi connectivity index (χ2n) is 7.98. The fourth-order valence-electron chi connectivity index (χ4n) is 4.46. The fourth-order valence-corrected chi connectivity index (χ4v) is 5.50. The molecule has 0 bridgehead atoms. The summed E-state index contributed by atoms with van der Waals surface area (Å²) in [4.78, 5) is 21.3. The molecule has 1 aliphatic heterocycles. The third-order valence-electron chi connectivity index (χ3n) is 6.09. The predicted molar refractivity (Wildman–Crippen MR) is 113 cm³/mol. The van der Waals surface area contributed by atoms with E-state index in [1.165, 1.54) is 38.6 Å². The first-order chi connectivity index (χ1) is 13.8. The van der Waals surface area contributed by atoms with Gasteiger partial charge in [0.05, 0.1) is 36.4 Å². The molecular weight excluding hydrogens is 366 g/mol. The number of rotatable bonds is 3. The van der Waals surface area contributed by atoms with Crippen LogP contribution >= 0.6 is 11.3 Å². The molecule has 28 heavy (non-hydrogen) atoms. The van der Waals surface area contributed by atoms with E-state index in [1.54, 1.807) is 11.3 Å². The van der Waals surface area contributed by atoms with Gasteiger partial charge in [-0.25, -0.2) is 4.98 Å². The van der Waals surface area contributed by atoms with E-state index in [-0.39, 0.29) is 5.91 Å². The lowest BCUT2D eigenvalue weighted by Crippen LogP contribution is -3.13. The van der Waals surface area contributed by atoms with Gasteiger partial charge in [0.15, 0.2) is 0 Å². The summed E-state index contributed by atoms with van der Waals surface area (Å²) >= 11 is 1.80. The van der Waals surface area contributed by atoms with Crippen molar-refractivity contribution in [2.24, 2.45) is 0 Å². The molecule has 1 amide bonds. The van der Waals surface area contributed by atoms with Gasteiger partial charge in [0.1, 0.15) is 11.6 Å². The highest BCUT2D eigenvalue weighted by Crippen LogP contribution is 2.23. The van der Waals surface area contributed by atoms with Crippen molar-refractivity contribution in [1.29, 1.82) is 0 Å². The van der Waals surface area contributed by atoms with Gasteiger partial charge in [0.2, 0.25) is 0 Å². The Morgan fingerprint density at radius 3 is 2.64 bits per heavy atom. The Labute approximate surface area is 169 Å². The van der Waals surface area contributed by atoms with Crippen LogP contribution in [0.15, 0.2) is 42.5 Å². The Bertz CT molecular complexity index is 971. The van der Waals surface area contributed by atoms with E-state index in [9.17, 15) is 4.79 Å². The quantitative estimate of drug-likeness (QED) is 0.744. The Kier molecular flexibility index (Phi) is 4.87. The summed E-state index contributed by atoms with van der Waals surface area (Å²) < 4.78 is 1.26. The first-order valence-corrected chi connectivity index (χ1v) is 11.2. The van der Waals surface area contributed by atoms with E-state index >= 15 is 0 Å². The minimum Gasteiger partial charge on any atom is -0.327 e. The summed E-state index contributed by atoms with van der Waals surface area (Å²) in [6, 6.07) is 14.7. The van der Waals surface area contributed by atoms with Crippen LogP contribution < -0.4 is 4.90 Å². The number of aromatic nitrogens is 1. The lowest BCUT2D eigenvalue weighted by atomic mass is 9.90.